The number of hydrogen-bond acceptors (Lipinski definition) is 5. The van der Waals surface area contributed by atoms with Crippen molar-refractivity contribution < 1.29 is 9.18 Å². The van der Waals surface area contributed by atoms with Gasteiger partial charge in [-0.2, -0.15) is 9.50 Å². The Balaban J connectivity index is 1.43. The zero-order valence-electron chi connectivity index (χ0n) is 20.5. The molecule has 0 atom stereocenters. The van der Waals surface area contributed by atoms with Gasteiger partial charge in [-0.05, 0) is 34.7 Å². The molecule has 184 valence electrons. The predicted octanol–water partition coefficient (Wildman–Crippen LogP) is 4.72. The highest BCUT2D eigenvalue weighted by atomic mass is 32.1. The first-order chi connectivity index (χ1) is 17.7. The van der Waals surface area contributed by atoms with E-state index in [1.165, 1.54) is 22.2 Å². The number of aromatic nitrogens is 3. The van der Waals surface area contributed by atoms with Gasteiger partial charge in [0.25, 0.3) is 11.5 Å². The maximum atomic E-state index is 13.6. The summed E-state index contributed by atoms with van der Waals surface area (Å²) in [6.45, 7) is 6.72. The topological polar surface area (TPSA) is 67.6 Å². The van der Waals surface area contributed by atoms with Crippen LogP contribution in [0, 0.1) is 5.82 Å². The van der Waals surface area contributed by atoms with Gasteiger partial charge in [0.05, 0.1) is 17.8 Å². The highest BCUT2D eigenvalue weighted by Crippen LogP contribution is 2.36. The molecule has 0 aliphatic carbocycles. The van der Waals surface area contributed by atoms with Gasteiger partial charge in [-0.3, -0.25) is 9.59 Å². The van der Waals surface area contributed by atoms with Crippen molar-refractivity contribution in [1.29, 1.82) is 0 Å². The molecule has 2 aromatic heterocycles. The highest BCUT2D eigenvalue weighted by molar-refractivity contribution is 7.15. The van der Waals surface area contributed by atoms with Gasteiger partial charge in [-0.25, -0.2) is 4.39 Å². The average Bonchev–Trinajstić information content (AvgIpc) is 3.51. The summed E-state index contributed by atoms with van der Waals surface area (Å²) in [5.74, 6) is -0.138. The fourth-order valence-electron chi connectivity index (χ4n) is 4.56. The van der Waals surface area contributed by atoms with Crippen LogP contribution in [-0.2, 0) is 16.8 Å². The van der Waals surface area contributed by atoms with Crippen LogP contribution in [0.15, 0.2) is 77.6 Å². The summed E-state index contributed by atoms with van der Waals surface area (Å²) >= 11 is 1.16. The summed E-state index contributed by atoms with van der Waals surface area (Å²) in [5.41, 5.74) is 4.22. The molecule has 0 fully saturated rings. The summed E-state index contributed by atoms with van der Waals surface area (Å²) in [6, 6.07) is 21.5. The molecule has 0 saturated carbocycles. The first-order valence-corrected chi connectivity index (χ1v) is 12.7. The number of benzene rings is 3. The smallest absolute Gasteiger partial charge is 0.291 e. The number of carbonyl (C=O) groups excluding carboxylic acids is 1. The van der Waals surface area contributed by atoms with Crippen molar-refractivity contribution in [3.05, 3.63) is 110 Å². The number of halogens is 1. The van der Waals surface area contributed by atoms with Crippen molar-refractivity contribution in [1.82, 2.24) is 14.6 Å². The molecule has 0 spiro atoms. The average molecular weight is 511 g/mol. The minimum atomic E-state index is -0.369. The lowest BCUT2D eigenvalue weighted by Gasteiger charge is -2.18. The molecule has 0 unspecified atom stereocenters. The van der Waals surface area contributed by atoms with E-state index in [-0.39, 0.29) is 29.2 Å². The molecule has 0 bridgehead atoms. The van der Waals surface area contributed by atoms with Gasteiger partial charge in [-0.15, -0.1) is 5.10 Å². The van der Waals surface area contributed by atoms with Crippen molar-refractivity contribution in [3.63, 3.8) is 0 Å². The van der Waals surface area contributed by atoms with E-state index in [4.69, 9.17) is 0 Å². The van der Waals surface area contributed by atoms with Gasteiger partial charge < -0.3 is 4.90 Å². The maximum absolute atomic E-state index is 13.6. The van der Waals surface area contributed by atoms with Crippen LogP contribution < -0.4 is 15.0 Å². The van der Waals surface area contributed by atoms with Crippen LogP contribution in [0.3, 0.4) is 0 Å². The number of carbonyl (C=O) groups is 1. The van der Waals surface area contributed by atoms with Crippen LogP contribution in [0.5, 0.6) is 0 Å². The third-order valence-electron chi connectivity index (χ3n) is 6.57. The number of para-hydroxylation sites is 1. The van der Waals surface area contributed by atoms with E-state index in [1.54, 1.807) is 17.0 Å². The fourth-order valence-corrected chi connectivity index (χ4v) is 5.55. The first kappa shape index (κ1) is 23.2. The molecule has 5 aromatic rings. The number of nitrogens with zero attached hydrogens (tertiary/aromatic N) is 4. The fraction of sp³-hybridized carbons (Fsp3) is 0.172. The second-order valence-electron chi connectivity index (χ2n) is 10.1. The van der Waals surface area contributed by atoms with Crippen LogP contribution in [-0.4, -0.2) is 20.5 Å². The van der Waals surface area contributed by atoms with Gasteiger partial charge >= 0.3 is 0 Å². The third kappa shape index (κ3) is 3.94. The lowest BCUT2D eigenvalue weighted by atomic mass is 9.87. The Hall–Kier alpha value is -4.17. The number of thiazole rings is 1. The van der Waals surface area contributed by atoms with Crippen molar-refractivity contribution in [2.75, 3.05) is 4.90 Å². The second kappa shape index (κ2) is 8.45. The molecule has 8 heteroatoms. The Kier molecular flexibility index (Phi) is 5.31. The van der Waals surface area contributed by atoms with Crippen LogP contribution in [0.25, 0.3) is 21.9 Å². The Labute approximate surface area is 216 Å². The Morgan fingerprint density at radius 2 is 1.62 bits per heavy atom. The number of amides is 1. The first-order valence-electron chi connectivity index (χ1n) is 11.9. The molecule has 3 heterocycles. The van der Waals surface area contributed by atoms with E-state index in [0.29, 0.717) is 32.1 Å². The van der Waals surface area contributed by atoms with E-state index >= 15 is 0 Å². The summed E-state index contributed by atoms with van der Waals surface area (Å²) in [4.78, 5) is 33.7. The van der Waals surface area contributed by atoms with E-state index in [9.17, 15) is 14.0 Å². The lowest BCUT2D eigenvalue weighted by molar-refractivity contribution is -0.113. The Bertz CT molecular complexity index is 1780. The number of hydrogen-bond donors (Lipinski definition) is 0. The molecule has 6 rings (SSSR count). The van der Waals surface area contributed by atoms with E-state index in [1.807, 2.05) is 48.5 Å². The minimum Gasteiger partial charge on any atom is -0.303 e. The van der Waals surface area contributed by atoms with Crippen LogP contribution >= 0.6 is 11.3 Å². The Morgan fingerprint density at radius 1 is 0.919 bits per heavy atom. The molecule has 0 N–H and O–H groups in total. The molecule has 37 heavy (non-hydrogen) atoms. The van der Waals surface area contributed by atoms with E-state index in [2.05, 4.69) is 30.9 Å². The predicted molar refractivity (Wildman–Crippen MR) is 143 cm³/mol. The molecule has 1 aliphatic heterocycles. The van der Waals surface area contributed by atoms with Gasteiger partial charge in [0.2, 0.25) is 4.96 Å². The monoisotopic (exact) mass is 510 g/mol. The van der Waals surface area contributed by atoms with Crippen LogP contribution in [0.2, 0.25) is 0 Å². The number of fused-ring (bicyclic) bond motifs is 2. The normalized spacial score (nSPS) is 15.0. The quantitative estimate of drug-likeness (QED) is 0.352. The van der Waals surface area contributed by atoms with Crippen molar-refractivity contribution in [2.45, 2.75) is 32.7 Å². The maximum Gasteiger partial charge on any atom is 0.291 e. The van der Waals surface area contributed by atoms with Crippen molar-refractivity contribution in [3.8, 4) is 11.4 Å². The van der Waals surface area contributed by atoms with E-state index < -0.39 is 0 Å². The summed E-state index contributed by atoms with van der Waals surface area (Å²) in [7, 11) is 0. The van der Waals surface area contributed by atoms with Gasteiger partial charge in [0.1, 0.15) is 10.3 Å². The molecule has 0 saturated heterocycles. The summed E-state index contributed by atoms with van der Waals surface area (Å²) < 4.78 is 15.0. The number of rotatable bonds is 3. The van der Waals surface area contributed by atoms with E-state index in [0.717, 1.165) is 22.5 Å². The van der Waals surface area contributed by atoms with Crippen molar-refractivity contribution >= 4 is 33.5 Å². The second-order valence-corrected chi connectivity index (χ2v) is 11.1. The van der Waals surface area contributed by atoms with Gasteiger partial charge in [0.15, 0.2) is 5.82 Å². The molecule has 6 nitrogen and oxygen atoms in total. The summed E-state index contributed by atoms with van der Waals surface area (Å²) in [5, 5.41) is 4.47. The van der Waals surface area contributed by atoms with Crippen LogP contribution in [0.1, 0.15) is 37.5 Å². The largest absolute Gasteiger partial charge is 0.303 e. The third-order valence-corrected chi connectivity index (χ3v) is 7.60. The zero-order valence-corrected chi connectivity index (χ0v) is 21.3. The molecule has 1 aliphatic rings. The molecular formula is C29H23FN4O2S. The molecule has 1 amide bonds. The van der Waals surface area contributed by atoms with Crippen LogP contribution in [0.4, 0.5) is 10.1 Å². The molecule has 3 aromatic carbocycles. The number of anilines is 1. The minimum absolute atomic E-state index is 0.0313. The van der Waals surface area contributed by atoms with Gasteiger partial charge in [0, 0.05) is 11.1 Å². The highest BCUT2D eigenvalue weighted by Gasteiger charge is 2.34. The summed E-state index contributed by atoms with van der Waals surface area (Å²) in [6.07, 6.45) is 0. The zero-order chi connectivity index (χ0) is 25.9. The van der Waals surface area contributed by atoms with Gasteiger partial charge in [-0.1, -0.05) is 86.7 Å². The standard InChI is InChI=1S/C29H23FN4O2S/c1-29(2,3)19-12-10-18(11-13-19)25-31-28-34(32-25)27(36)24(37-28)23-21-6-4-5-7-22(21)33(26(23)35)16-17-8-14-20(30)15-9-17/h4-15H,16H2,1-3H3. The molecular weight excluding hydrogens is 487 g/mol. The Morgan fingerprint density at radius 3 is 2.30 bits per heavy atom. The van der Waals surface area contributed by atoms with Crippen molar-refractivity contribution in [2.24, 2.45) is 0 Å². The SMILES string of the molecule is CC(C)(C)c1ccc(-c2nc3sc(=C4C(=O)N(Cc5ccc(F)cc5)c5ccccc54)c(=O)n3n2)cc1. The molecule has 0 radical (unpaired) electrons. The lowest BCUT2D eigenvalue weighted by Crippen LogP contribution is -2.32.